The SMILES string of the molecule is Cc1c(Cl)cc(S(=O)(=O)N2CCCC(CNCC(=O)O)C2)cc1Cl. The van der Waals surface area contributed by atoms with Gasteiger partial charge in [0.2, 0.25) is 10.0 Å². The van der Waals surface area contributed by atoms with Crippen molar-refractivity contribution in [3.05, 3.63) is 27.7 Å². The fourth-order valence-corrected chi connectivity index (χ4v) is 4.94. The van der Waals surface area contributed by atoms with Crippen LogP contribution in [0.1, 0.15) is 18.4 Å². The molecule has 0 saturated carbocycles. The summed E-state index contributed by atoms with van der Waals surface area (Å²) in [4.78, 5) is 10.6. The van der Waals surface area contributed by atoms with E-state index in [1.54, 1.807) is 6.92 Å². The van der Waals surface area contributed by atoms with Gasteiger partial charge in [-0.1, -0.05) is 23.2 Å². The predicted molar refractivity (Wildman–Crippen MR) is 93.2 cm³/mol. The third kappa shape index (κ3) is 4.61. The maximum Gasteiger partial charge on any atom is 0.317 e. The Hall–Kier alpha value is -0.860. The maximum atomic E-state index is 12.8. The van der Waals surface area contributed by atoms with E-state index in [0.29, 0.717) is 35.2 Å². The molecule has 1 unspecified atom stereocenters. The van der Waals surface area contributed by atoms with Gasteiger partial charge in [0.25, 0.3) is 0 Å². The molecular formula is C15H20Cl2N2O4S. The van der Waals surface area contributed by atoms with Crippen LogP contribution in [0.2, 0.25) is 10.0 Å². The first-order valence-electron chi connectivity index (χ1n) is 7.60. The van der Waals surface area contributed by atoms with E-state index in [1.165, 1.54) is 16.4 Å². The van der Waals surface area contributed by atoms with Crippen molar-refractivity contribution in [2.45, 2.75) is 24.7 Å². The summed E-state index contributed by atoms with van der Waals surface area (Å²) in [5.41, 5.74) is 0.645. The molecule has 1 aromatic rings. The summed E-state index contributed by atoms with van der Waals surface area (Å²) in [7, 11) is -3.68. The van der Waals surface area contributed by atoms with Gasteiger partial charge in [-0.15, -0.1) is 0 Å². The molecule has 134 valence electrons. The number of hydrogen-bond donors (Lipinski definition) is 2. The van der Waals surface area contributed by atoms with Gasteiger partial charge < -0.3 is 10.4 Å². The smallest absolute Gasteiger partial charge is 0.317 e. The number of benzene rings is 1. The molecular weight excluding hydrogens is 375 g/mol. The van der Waals surface area contributed by atoms with E-state index in [9.17, 15) is 13.2 Å². The van der Waals surface area contributed by atoms with E-state index >= 15 is 0 Å². The molecule has 1 atom stereocenters. The second-order valence-electron chi connectivity index (χ2n) is 5.91. The van der Waals surface area contributed by atoms with E-state index in [-0.39, 0.29) is 17.4 Å². The topological polar surface area (TPSA) is 86.7 Å². The Morgan fingerprint density at radius 2 is 2.00 bits per heavy atom. The molecule has 0 bridgehead atoms. The molecule has 6 nitrogen and oxygen atoms in total. The number of aliphatic carboxylic acids is 1. The fraction of sp³-hybridized carbons (Fsp3) is 0.533. The van der Waals surface area contributed by atoms with E-state index < -0.39 is 16.0 Å². The number of sulfonamides is 1. The van der Waals surface area contributed by atoms with Gasteiger partial charge in [0.05, 0.1) is 11.4 Å². The molecule has 0 amide bonds. The Morgan fingerprint density at radius 3 is 2.58 bits per heavy atom. The number of carboxylic acids is 1. The zero-order valence-electron chi connectivity index (χ0n) is 13.3. The van der Waals surface area contributed by atoms with Gasteiger partial charge in [-0.05, 0) is 49.9 Å². The summed E-state index contributed by atoms with van der Waals surface area (Å²) in [6, 6.07) is 2.84. The minimum atomic E-state index is -3.68. The summed E-state index contributed by atoms with van der Waals surface area (Å²) < 4.78 is 27.1. The van der Waals surface area contributed by atoms with Crippen LogP contribution in [0.4, 0.5) is 0 Å². The number of carboxylic acid groups (broad SMARTS) is 1. The number of rotatable bonds is 6. The summed E-state index contributed by atoms with van der Waals surface area (Å²) in [5.74, 6) is -0.858. The monoisotopic (exact) mass is 394 g/mol. The highest BCUT2D eigenvalue weighted by atomic mass is 35.5. The highest BCUT2D eigenvalue weighted by molar-refractivity contribution is 7.89. The molecule has 1 aromatic carbocycles. The minimum absolute atomic E-state index is 0.0734. The van der Waals surface area contributed by atoms with Crippen LogP contribution in [0, 0.1) is 12.8 Å². The maximum absolute atomic E-state index is 12.8. The summed E-state index contributed by atoms with van der Waals surface area (Å²) >= 11 is 12.1. The second kappa shape index (κ2) is 8.01. The molecule has 0 spiro atoms. The fourth-order valence-electron chi connectivity index (χ4n) is 2.72. The van der Waals surface area contributed by atoms with Crippen LogP contribution >= 0.6 is 23.2 Å². The van der Waals surface area contributed by atoms with E-state index in [4.69, 9.17) is 28.3 Å². The van der Waals surface area contributed by atoms with Crippen LogP contribution < -0.4 is 5.32 Å². The zero-order chi connectivity index (χ0) is 17.9. The second-order valence-corrected chi connectivity index (χ2v) is 8.66. The summed E-state index contributed by atoms with van der Waals surface area (Å²) in [6.07, 6.45) is 1.58. The molecule has 1 aliphatic heterocycles. The number of carbonyl (C=O) groups is 1. The molecule has 1 aliphatic rings. The average molecular weight is 395 g/mol. The molecule has 0 aliphatic carbocycles. The molecule has 1 fully saturated rings. The highest BCUT2D eigenvalue weighted by Gasteiger charge is 2.30. The first-order valence-corrected chi connectivity index (χ1v) is 9.79. The Balaban J connectivity index is 2.12. The quantitative estimate of drug-likeness (QED) is 0.773. The molecule has 1 saturated heterocycles. The van der Waals surface area contributed by atoms with Gasteiger partial charge in [-0.25, -0.2) is 8.42 Å². The van der Waals surface area contributed by atoms with E-state index in [0.717, 1.165) is 12.8 Å². The van der Waals surface area contributed by atoms with Crippen molar-refractivity contribution in [3.63, 3.8) is 0 Å². The standard InChI is InChI=1S/C15H20Cl2N2O4S/c1-10-13(16)5-12(6-14(10)17)24(22,23)19-4-2-3-11(9-19)7-18-8-15(20)21/h5-6,11,18H,2-4,7-9H2,1H3,(H,20,21). The number of nitrogens with zero attached hydrogens (tertiary/aromatic N) is 1. The Kier molecular flexibility index (Phi) is 6.50. The van der Waals surface area contributed by atoms with Gasteiger partial charge in [0.1, 0.15) is 0 Å². The molecule has 0 aromatic heterocycles. The zero-order valence-corrected chi connectivity index (χ0v) is 15.6. The van der Waals surface area contributed by atoms with Crippen LogP contribution in [0.5, 0.6) is 0 Å². The van der Waals surface area contributed by atoms with Crippen LogP contribution in [0.15, 0.2) is 17.0 Å². The predicted octanol–water partition coefficient (Wildman–Crippen LogP) is 2.38. The first-order chi connectivity index (χ1) is 11.2. The van der Waals surface area contributed by atoms with Gasteiger partial charge in [0, 0.05) is 23.1 Å². The normalized spacial score (nSPS) is 19.4. The van der Waals surface area contributed by atoms with E-state index in [2.05, 4.69) is 5.32 Å². The minimum Gasteiger partial charge on any atom is -0.480 e. The lowest BCUT2D eigenvalue weighted by molar-refractivity contribution is -0.136. The lowest BCUT2D eigenvalue weighted by Crippen LogP contribution is -2.43. The van der Waals surface area contributed by atoms with Crippen molar-refractivity contribution < 1.29 is 18.3 Å². The molecule has 2 rings (SSSR count). The summed E-state index contributed by atoms with van der Waals surface area (Å²) in [5, 5.41) is 12.1. The average Bonchev–Trinajstić information content (AvgIpc) is 2.52. The third-order valence-electron chi connectivity index (χ3n) is 4.08. The Labute approximate surface area is 151 Å². The van der Waals surface area contributed by atoms with Gasteiger partial charge in [-0.3, -0.25) is 4.79 Å². The molecule has 0 radical (unpaired) electrons. The summed E-state index contributed by atoms with van der Waals surface area (Å²) in [6.45, 7) is 2.84. The number of nitrogens with one attached hydrogen (secondary N) is 1. The third-order valence-corrected chi connectivity index (χ3v) is 6.71. The number of hydrogen-bond acceptors (Lipinski definition) is 4. The van der Waals surface area contributed by atoms with Crippen LogP contribution in [0.3, 0.4) is 0 Å². The number of piperidine rings is 1. The van der Waals surface area contributed by atoms with Crippen LogP contribution in [-0.4, -0.2) is 50.0 Å². The Bertz CT molecular complexity index is 701. The van der Waals surface area contributed by atoms with Crippen molar-refractivity contribution in [3.8, 4) is 0 Å². The number of halogens is 2. The van der Waals surface area contributed by atoms with Gasteiger partial charge >= 0.3 is 5.97 Å². The van der Waals surface area contributed by atoms with Crippen LogP contribution in [0.25, 0.3) is 0 Å². The van der Waals surface area contributed by atoms with E-state index in [1.807, 2.05) is 0 Å². The van der Waals surface area contributed by atoms with Crippen molar-refractivity contribution in [1.82, 2.24) is 9.62 Å². The van der Waals surface area contributed by atoms with Gasteiger partial charge in [0.15, 0.2) is 0 Å². The van der Waals surface area contributed by atoms with Crippen molar-refractivity contribution in [2.24, 2.45) is 5.92 Å². The molecule has 2 N–H and O–H groups in total. The molecule has 24 heavy (non-hydrogen) atoms. The van der Waals surface area contributed by atoms with Crippen molar-refractivity contribution in [1.29, 1.82) is 0 Å². The van der Waals surface area contributed by atoms with Crippen molar-refractivity contribution >= 4 is 39.2 Å². The van der Waals surface area contributed by atoms with Gasteiger partial charge in [-0.2, -0.15) is 4.31 Å². The molecule has 1 heterocycles. The molecule has 9 heteroatoms. The highest BCUT2D eigenvalue weighted by Crippen LogP contribution is 2.30. The first kappa shape index (κ1) is 19.5. The lowest BCUT2D eigenvalue weighted by Gasteiger charge is -2.32. The Morgan fingerprint density at radius 1 is 1.38 bits per heavy atom. The van der Waals surface area contributed by atoms with Crippen molar-refractivity contribution in [2.75, 3.05) is 26.2 Å². The van der Waals surface area contributed by atoms with Crippen LogP contribution in [-0.2, 0) is 14.8 Å². The lowest BCUT2D eigenvalue weighted by atomic mass is 10.00. The largest absolute Gasteiger partial charge is 0.480 e.